The zero-order chi connectivity index (χ0) is 25.4. The number of benzene rings is 1. The summed E-state index contributed by atoms with van der Waals surface area (Å²) in [7, 11) is 0. The van der Waals surface area contributed by atoms with Gasteiger partial charge in [0.15, 0.2) is 0 Å². The lowest BCUT2D eigenvalue weighted by Gasteiger charge is -2.41. The third kappa shape index (κ3) is 6.78. The van der Waals surface area contributed by atoms with Crippen molar-refractivity contribution in [3.8, 4) is 0 Å². The van der Waals surface area contributed by atoms with E-state index in [0.29, 0.717) is 44.4 Å². The van der Waals surface area contributed by atoms with Crippen molar-refractivity contribution < 1.29 is 33.4 Å². The predicted molar refractivity (Wildman–Crippen MR) is 123 cm³/mol. The van der Waals surface area contributed by atoms with Crippen LogP contribution in [0.3, 0.4) is 0 Å². The molecule has 0 aliphatic carbocycles. The van der Waals surface area contributed by atoms with Gasteiger partial charge >= 0.3 is 5.97 Å². The molecule has 4 unspecified atom stereocenters. The normalized spacial score (nSPS) is 22.8. The van der Waals surface area contributed by atoms with Gasteiger partial charge in [-0.15, -0.1) is 0 Å². The van der Waals surface area contributed by atoms with E-state index in [4.69, 9.17) is 9.47 Å². The van der Waals surface area contributed by atoms with Gasteiger partial charge in [-0.1, -0.05) is 18.2 Å². The summed E-state index contributed by atoms with van der Waals surface area (Å²) in [6.07, 6.45) is 0.927. The van der Waals surface area contributed by atoms with Crippen molar-refractivity contribution in [2.24, 2.45) is 0 Å². The Morgan fingerprint density at radius 3 is 2.69 bits per heavy atom. The van der Waals surface area contributed by atoms with Crippen LogP contribution < -0.4 is 10.6 Å². The number of ether oxygens (including phenoxy) is 2. The van der Waals surface area contributed by atoms with Gasteiger partial charge in [-0.25, -0.2) is 5.01 Å². The number of amides is 4. The molecule has 0 bridgehead atoms. The van der Waals surface area contributed by atoms with E-state index in [9.17, 15) is 24.0 Å². The monoisotopic (exact) mass is 488 g/mol. The SMILES string of the molecule is CCOC1OC(=O)CC1NC(=O)C1CCCN(C(=O)CCC(C)NC(=O)c2ccccc2)N1C=O. The highest BCUT2D eigenvalue weighted by molar-refractivity contribution is 5.94. The molecular weight excluding hydrogens is 456 g/mol. The molecule has 4 atom stereocenters. The lowest BCUT2D eigenvalue weighted by molar-refractivity contribution is -0.172. The second-order valence-electron chi connectivity index (χ2n) is 8.57. The fourth-order valence-electron chi connectivity index (χ4n) is 4.17. The van der Waals surface area contributed by atoms with E-state index < -0.39 is 30.3 Å². The van der Waals surface area contributed by atoms with Gasteiger partial charge in [0.05, 0.1) is 6.42 Å². The van der Waals surface area contributed by atoms with E-state index in [1.54, 1.807) is 38.1 Å². The Labute approximate surface area is 204 Å². The Hall–Kier alpha value is -3.47. The highest BCUT2D eigenvalue weighted by atomic mass is 16.7. The molecule has 0 spiro atoms. The molecule has 2 aliphatic rings. The maximum Gasteiger partial charge on any atom is 0.310 e. The van der Waals surface area contributed by atoms with Crippen molar-refractivity contribution in [2.45, 2.75) is 70.4 Å². The summed E-state index contributed by atoms with van der Waals surface area (Å²) in [5.74, 6) is -1.50. The Morgan fingerprint density at radius 2 is 2.00 bits per heavy atom. The topological polar surface area (TPSA) is 134 Å². The molecule has 0 aromatic heterocycles. The number of cyclic esters (lactones) is 1. The fraction of sp³-hybridized carbons (Fsp3) is 0.542. The lowest BCUT2D eigenvalue weighted by Crippen LogP contribution is -2.60. The average molecular weight is 489 g/mol. The van der Waals surface area contributed by atoms with Gasteiger partial charge in [0, 0.05) is 31.2 Å². The molecule has 2 fully saturated rings. The molecule has 2 aliphatic heterocycles. The van der Waals surface area contributed by atoms with Crippen LogP contribution in [0, 0.1) is 0 Å². The minimum atomic E-state index is -0.890. The molecule has 35 heavy (non-hydrogen) atoms. The third-order valence-electron chi connectivity index (χ3n) is 5.97. The molecule has 0 radical (unpaired) electrons. The highest BCUT2D eigenvalue weighted by Crippen LogP contribution is 2.21. The van der Waals surface area contributed by atoms with Crippen molar-refractivity contribution in [3.63, 3.8) is 0 Å². The van der Waals surface area contributed by atoms with Crippen molar-refractivity contribution in [2.75, 3.05) is 13.2 Å². The maximum absolute atomic E-state index is 13.0. The first-order valence-electron chi connectivity index (χ1n) is 11.8. The van der Waals surface area contributed by atoms with Gasteiger partial charge in [-0.3, -0.25) is 29.0 Å². The van der Waals surface area contributed by atoms with Crippen molar-refractivity contribution >= 4 is 30.1 Å². The minimum Gasteiger partial charge on any atom is -0.433 e. The van der Waals surface area contributed by atoms with Crippen LogP contribution in [-0.4, -0.2) is 77.7 Å². The zero-order valence-corrected chi connectivity index (χ0v) is 20.0. The smallest absolute Gasteiger partial charge is 0.310 e. The summed E-state index contributed by atoms with van der Waals surface area (Å²) in [4.78, 5) is 61.7. The number of carbonyl (C=O) groups is 5. The summed E-state index contributed by atoms with van der Waals surface area (Å²) >= 11 is 0. The first-order valence-corrected chi connectivity index (χ1v) is 11.8. The van der Waals surface area contributed by atoms with Crippen LogP contribution in [0.4, 0.5) is 0 Å². The molecule has 0 saturated carbocycles. The van der Waals surface area contributed by atoms with Gasteiger partial charge in [-0.2, -0.15) is 0 Å². The van der Waals surface area contributed by atoms with Crippen molar-refractivity contribution in [1.29, 1.82) is 0 Å². The molecule has 3 rings (SSSR count). The summed E-state index contributed by atoms with van der Waals surface area (Å²) < 4.78 is 10.4. The molecular formula is C24H32N4O7. The molecule has 4 amide bonds. The van der Waals surface area contributed by atoms with Crippen LogP contribution in [0.15, 0.2) is 30.3 Å². The summed E-state index contributed by atoms with van der Waals surface area (Å²) in [5, 5.41) is 7.98. The molecule has 2 N–H and O–H groups in total. The summed E-state index contributed by atoms with van der Waals surface area (Å²) in [6.45, 7) is 4.16. The van der Waals surface area contributed by atoms with Crippen LogP contribution >= 0.6 is 0 Å². The number of carbonyl (C=O) groups excluding carboxylic acids is 5. The van der Waals surface area contributed by atoms with Crippen molar-refractivity contribution in [1.82, 2.24) is 20.7 Å². The number of rotatable bonds is 10. The zero-order valence-electron chi connectivity index (χ0n) is 20.0. The maximum atomic E-state index is 13.0. The van der Waals surface area contributed by atoms with Gasteiger partial charge in [0.25, 0.3) is 5.91 Å². The van der Waals surface area contributed by atoms with Crippen molar-refractivity contribution in [3.05, 3.63) is 35.9 Å². The largest absolute Gasteiger partial charge is 0.433 e. The number of hydrazine groups is 1. The summed E-state index contributed by atoms with van der Waals surface area (Å²) in [6, 6.07) is 6.96. The highest BCUT2D eigenvalue weighted by Gasteiger charge is 2.41. The second-order valence-corrected chi connectivity index (χ2v) is 8.57. The first kappa shape index (κ1) is 26.1. The van der Waals surface area contributed by atoms with E-state index in [2.05, 4.69) is 10.6 Å². The molecule has 11 heteroatoms. The molecule has 190 valence electrons. The number of nitrogens with one attached hydrogen (secondary N) is 2. The Kier molecular flexibility index (Phi) is 9.18. The van der Waals surface area contributed by atoms with E-state index in [1.807, 2.05) is 6.07 Å². The fourth-order valence-corrected chi connectivity index (χ4v) is 4.17. The third-order valence-corrected chi connectivity index (χ3v) is 5.97. The van der Waals surface area contributed by atoms with Gasteiger partial charge in [0.2, 0.25) is 24.5 Å². The van der Waals surface area contributed by atoms with E-state index >= 15 is 0 Å². The average Bonchev–Trinajstić information content (AvgIpc) is 3.20. The number of hydrogen-bond donors (Lipinski definition) is 2. The van der Waals surface area contributed by atoms with Gasteiger partial charge in [0.1, 0.15) is 12.1 Å². The molecule has 1 aromatic rings. The van der Waals surface area contributed by atoms with E-state index in [-0.39, 0.29) is 30.7 Å². The number of esters is 1. The van der Waals surface area contributed by atoms with Gasteiger partial charge < -0.3 is 20.1 Å². The molecule has 2 saturated heterocycles. The van der Waals surface area contributed by atoms with E-state index in [0.717, 1.165) is 5.01 Å². The van der Waals surface area contributed by atoms with Crippen LogP contribution in [0.2, 0.25) is 0 Å². The standard InChI is InChI=1S/C24H32N4O7/c1-3-34-24-18(14-21(31)35-24)26-23(33)19-10-7-13-27(28(19)15-29)20(30)12-11-16(2)25-22(32)17-8-5-4-6-9-17/h4-6,8-9,15-16,18-19,24H,3,7,10-14H2,1-2H3,(H,25,32)(H,26,33). The Balaban J connectivity index is 1.54. The van der Waals surface area contributed by atoms with Crippen LogP contribution in [0.25, 0.3) is 0 Å². The van der Waals surface area contributed by atoms with Gasteiger partial charge in [-0.05, 0) is 45.2 Å². The van der Waals surface area contributed by atoms with Crippen LogP contribution in [-0.2, 0) is 28.7 Å². The second kappa shape index (κ2) is 12.3. The van der Waals surface area contributed by atoms with Crippen LogP contribution in [0.5, 0.6) is 0 Å². The molecule has 1 aromatic carbocycles. The summed E-state index contributed by atoms with van der Waals surface area (Å²) in [5.41, 5.74) is 0.531. The quantitative estimate of drug-likeness (QED) is 0.366. The lowest BCUT2D eigenvalue weighted by atomic mass is 10.1. The predicted octanol–water partition coefficient (Wildman–Crippen LogP) is 0.744. The Morgan fingerprint density at radius 1 is 1.26 bits per heavy atom. The number of hydrogen-bond acceptors (Lipinski definition) is 7. The number of nitrogens with zero attached hydrogens (tertiary/aromatic N) is 2. The van der Waals surface area contributed by atoms with Crippen LogP contribution in [0.1, 0.15) is 56.3 Å². The van der Waals surface area contributed by atoms with E-state index in [1.165, 1.54) is 5.01 Å². The molecule has 11 nitrogen and oxygen atoms in total. The molecule has 2 heterocycles. The first-order chi connectivity index (χ1) is 16.8. The minimum absolute atomic E-state index is 0.0283. The Bertz CT molecular complexity index is 926.